The Kier molecular flexibility index (Phi) is 23.5. The Balaban J connectivity index is 0.000000160. The smallest absolute Gasteiger partial charge is 0.654 e. The van der Waals surface area contributed by atoms with E-state index >= 15 is 0 Å². The number of nitrogens with zero attached hydrogens (tertiary/aromatic N) is 2. The molecule has 4 aliphatic heterocycles. The number of fused-ring (bicyclic) bond motifs is 4. The van der Waals surface area contributed by atoms with Crippen LogP contribution in [0.3, 0.4) is 0 Å². The molecule has 424 valence electrons. The molecule has 0 aliphatic carbocycles. The fourth-order valence-corrected chi connectivity index (χ4v) is 10.2. The summed E-state index contributed by atoms with van der Waals surface area (Å²) in [5.74, 6) is 0.0238. The molecule has 0 atom stereocenters. The first kappa shape index (κ1) is 61.4. The van der Waals surface area contributed by atoms with E-state index in [1.807, 2.05) is 97.1 Å². The van der Waals surface area contributed by atoms with Gasteiger partial charge in [0.15, 0.2) is 0 Å². The van der Waals surface area contributed by atoms with Crippen molar-refractivity contribution in [3.63, 3.8) is 0 Å². The fourth-order valence-electron chi connectivity index (χ4n) is 10.2. The van der Waals surface area contributed by atoms with E-state index in [4.69, 9.17) is 50.5 Å². The monoisotopic (exact) mass is 1170 g/mol. The molecule has 10 aromatic carbocycles. The zero-order valence-corrected chi connectivity index (χ0v) is 50.6. The summed E-state index contributed by atoms with van der Waals surface area (Å²) >= 11 is 0. The van der Waals surface area contributed by atoms with E-state index in [0.717, 1.165) is 130 Å². The van der Waals surface area contributed by atoms with Crippen molar-refractivity contribution in [3.8, 4) is 33.8 Å². The Labute approximate surface area is 499 Å². The van der Waals surface area contributed by atoms with Gasteiger partial charge in [-0.15, -0.1) is 11.4 Å². The van der Waals surface area contributed by atoms with Gasteiger partial charge < -0.3 is 50.5 Å². The van der Waals surface area contributed by atoms with Gasteiger partial charge in [-0.25, -0.2) is 8.78 Å². The molecule has 0 spiro atoms. The van der Waals surface area contributed by atoms with E-state index < -0.39 is 0 Å². The predicted octanol–water partition coefficient (Wildman–Crippen LogP) is 18.6. The van der Waals surface area contributed by atoms with Crippen LogP contribution >= 0.6 is 0 Å². The number of nitrogen functional groups attached to an aromatic ring is 2. The molecule has 4 fully saturated rings. The Hall–Kier alpha value is -7.64. The Morgan fingerprint density at radius 1 is 0.337 bits per heavy atom. The van der Waals surface area contributed by atoms with Crippen LogP contribution in [0.5, 0.6) is 11.5 Å². The van der Waals surface area contributed by atoms with Crippen LogP contribution in [-0.4, -0.2) is 67.1 Å². The molecule has 10 nitrogen and oxygen atoms in total. The molecule has 14 rings (SSSR count). The standard InChI is InChI=1S/2C27H20FN2O.4C4H8O.Zn/c2*1-31-25-16-19(28)12-15-23(25)30-24-14-11-18-7-3-5-9-21(18)27(24)26-20-8-4-2-6-17(20)10-13-22(26)29;4*1-2-4-5-3-1;/h2*2-16H,29H2,1H3;4*1-4H2;/q2*-1;;;;;+2. The maximum Gasteiger partial charge on any atom is 2.00 e. The first-order valence-electron chi connectivity index (χ1n) is 28.3. The topological polar surface area (TPSA) is 136 Å². The minimum absolute atomic E-state index is 0. The van der Waals surface area contributed by atoms with Gasteiger partial charge in [-0.1, -0.05) is 157 Å². The zero-order valence-electron chi connectivity index (χ0n) is 47.6. The maximum atomic E-state index is 13.7. The Bertz CT molecular complexity index is 3390. The summed E-state index contributed by atoms with van der Waals surface area (Å²) in [4.78, 5) is 0. The number of rotatable bonds is 8. The van der Waals surface area contributed by atoms with E-state index in [1.54, 1.807) is 12.1 Å². The SMILES string of the molecule is C1CCOC1.C1CCOC1.C1CCOC1.C1CCOC1.COc1cc(F)ccc1[N-]c1ccc2ccccc2c1-c1c(N)ccc2ccccc12.COc1cc(F)ccc1[N-]c1ccc2ccccc2c1-c1c(N)ccc2ccccc12.[Zn+2]. The van der Waals surface area contributed by atoms with Crippen LogP contribution in [0.4, 0.5) is 42.9 Å². The average molecular weight is 1170 g/mol. The summed E-state index contributed by atoms with van der Waals surface area (Å²) in [5.41, 5.74) is 20.8. The minimum Gasteiger partial charge on any atom is -0.654 e. The number of halogens is 2. The van der Waals surface area contributed by atoms with Gasteiger partial charge in [0.05, 0.1) is 14.2 Å². The molecule has 4 saturated heterocycles. The molecule has 83 heavy (non-hydrogen) atoms. The number of hydrogen-bond donors (Lipinski definition) is 2. The minimum atomic E-state index is -0.368. The molecule has 4 heterocycles. The summed E-state index contributed by atoms with van der Waals surface area (Å²) in [5, 5.41) is 18.4. The first-order chi connectivity index (χ1) is 40.3. The van der Waals surface area contributed by atoms with Gasteiger partial charge in [0.25, 0.3) is 0 Å². The quantitative estimate of drug-likeness (QED) is 0.113. The van der Waals surface area contributed by atoms with Crippen molar-refractivity contribution in [3.05, 3.63) is 204 Å². The number of methoxy groups -OCH3 is 2. The first-order valence-corrected chi connectivity index (χ1v) is 28.3. The normalized spacial score (nSPS) is 14.0. The summed E-state index contributed by atoms with van der Waals surface area (Å²) in [6.45, 7) is 8.00. The fraction of sp³-hybridized carbons (Fsp3) is 0.257. The van der Waals surface area contributed by atoms with Crippen LogP contribution < -0.4 is 20.9 Å². The molecule has 13 heteroatoms. The molecule has 0 amide bonds. The zero-order chi connectivity index (χ0) is 56.9. The summed E-state index contributed by atoms with van der Waals surface area (Å²) in [6, 6.07) is 57.3. The van der Waals surface area contributed by atoms with Crippen molar-refractivity contribution in [1.29, 1.82) is 0 Å². The van der Waals surface area contributed by atoms with Gasteiger partial charge in [0.2, 0.25) is 0 Å². The van der Waals surface area contributed by atoms with Crippen LogP contribution in [0, 0.1) is 11.6 Å². The molecule has 0 bridgehead atoms. The van der Waals surface area contributed by atoms with Crippen molar-refractivity contribution in [2.45, 2.75) is 51.4 Å². The molecule has 0 saturated carbocycles. The van der Waals surface area contributed by atoms with E-state index in [9.17, 15) is 8.78 Å². The molecule has 0 unspecified atom stereocenters. The summed E-state index contributed by atoms with van der Waals surface area (Å²) in [7, 11) is 3.02. The van der Waals surface area contributed by atoms with Crippen LogP contribution in [0.25, 0.3) is 76.0 Å². The third kappa shape index (κ3) is 16.3. The summed E-state index contributed by atoms with van der Waals surface area (Å²) in [6.07, 6.45) is 10.2. The maximum absolute atomic E-state index is 13.7. The second-order valence-electron chi connectivity index (χ2n) is 20.0. The van der Waals surface area contributed by atoms with Crippen LogP contribution in [0.1, 0.15) is 51.4 Å². The van der Waals surface area contributed by atoms with Crippen molar-refractivity contribution in [2.24, 2.45) is 0 Å². The third-order valence-corrected chi connectivity index (χ3v) is 14.3. The number of ether oxygens (including phenoxy) is 6. The van der Waals surface area contributed by atoms with E-state index in [-0.39, 0.29) is 31.1 Å². The number of nitrogens with two attached hydrogens (primary N) is 2. The largest absolute Gasteiger partial charge is 2.00 e. The number of anilines is 2. The third-order valence-electron chi connectivity index (χ3n) is 14.3. The second kappa shape index (κ2) is 31.7. The molecule has 0 radical (unpaired) electrons. The van der Waals surface area contributed by atoms with Gasteiger partial charge in [-0.2, -0.15) is 0 Å². The van der Waals surface area contributed by atoms with Crippen LogP contribution in [0.15, 0.2) is 182 Å². The molecule has 10 aromatic rings. The van der Waals surface area contributed by atoms with Crippen LogP contribution in [0.2, 0.25) is 0 Å². The Morgan fingerprint density at radius 2 is 0.602 bits per heavy atom. The molecule has 0 aromatic heterocycles. The Morgan fingerprint density at radius 3 is 0.880 bits per heavy atom. The van der Waals surface area contributed by atoms with Gasteiger partial charge >= 0.3 is 19.5 Å². The molecule has 4 aliphatic rings. The molecule has 4 N–H and O–H groups in total. The van der Waals surface area contributed by atoms with Crippen LogP contribution in [-0.2, 0) is 38.4 Å². The average Bonchev–Trinajstić information content (AvgIpc) is 3.54. The number of hydrogen-bond acceptors (Lipinski definition) is 8. The molecular formula is C70H72F2N4O6Zn. The van der Waals surface area contributed by atoms with Gasteiger partial charge in [-0.3, -0.25) is 0 Å². The van der Waals surface area contributed by atoms with Crippen molar-refractivity contribution >= 4 is 77.2 Å². The van der Waals surface area contributed by atoms with Gasteiger partial charge in [0.1, 0.15) is 23.1 Å². The van der Waals surface area contributed by atoms with Crippen molar-refractivity contribution in [2.75, 3.05) is 78.5 Å². The predicted molar refractivity (Wildman–Crippen MR) is 334 cm³/mol. The van der Waals surface area contributed by atoms with E-state index in [1.165, 1.54) is 89.9 Å². The second-order valence-corrected chi connectivity index (χ2v) is 20.0. The number of benzene rings is 10. The van der Waals surface area contributed by atoms with Gasteiger partial charge in [0, 0.05) is 87.5 Å². The van der Waals surface area contributed by atoms with E-state index in [2.05, 4.69) is 48.5 Å². The van der Waals surface area contributed by atoms with Crippen molar-refractivity contribution in [1.82, 2.24) is 0 Å². The van der Waals surface area contributed by atoms with Gasteiger partial charge in [-0.05, 0) is 130 Å². The van der Waals surface area contributed by atoms with Crippen molar-refractivity contribution < 1.29 is 56.7 Å². The summed E-state index contributed by atoms with van der Waals surface area (Å²) < 4.78 is 57.9. The molecular weight excluding hydrogens is 1100 g/mol. The van der Waals surface area contributed by atoms with E-state index in [0.29, 0.717) is 34.2 Å².